The lowest BCUT2D eigenvalue weighted by atomic mass is 9.97. The van der Waals surface area contributed by atoms with Crippen LogP contribution in [0, 0.1) is 5.92 Å². The summed E-state index contributed by atoms with van der Waals surface area (Å²) in [6, 6.07) is 15.5. The number of aliphatic hydroxyl groups excluding tert-OH is 1. The average molecular weight is 378 g/mol. The van der Waals surface area contributed by atoms with Crippen molar-refractivity contribution in [3.63, 3.8) is 0 Å². The van der Waals surface area contributed by atoms with Gasteiger partial charge in [-0.2, -0.15) is 0 Å². The van der Waals surface area contributed by atoms with Crippen LogP contribution in [0.25, 0.3) is 22.4 Å². The molecule has 1 aliphatic heterocycles. The Hall–Kier alpha value is -2.70. The number of nitrogens with two attached hydrogens (primary N) is 1. The predicted molar refractivity (Wildman–Crippen MR) is 110 cm³/mol. The van der Waals surface area contributed by atoms with Gasteiger partial charge in [-0.25, -0.2) is 4.98 Å². The van der Waals surface area contributed by atoms with E-state index >= 15 is 0 Å². The van der Waals surface area contributed by atoms with Crippen LogP contribution >= 0.6 is 0 Å². The molecule has 0 spiro atoms. The molecule has 2 heterocycles. The minimum absolute atomic E-state index is 0.0280. The van der Waals surface area contributed by atoms with Gasteiger partial charge in [0.05, 0.1) is 17.6 Å². The SMILES string of the molecule is NC[C@@H]1CCCN(C(=O)c2cccc(-c3nc4ccccc4n3CCO)c2)C1. The highest BCUT2D eigenvalue weighted by Gasteiger charge is 2.24. The van der Waals surface area contributed by atoms with Gasteiger partial charge in [-0.3, -0.25) is 4.79 Å². The Morgan fingerprint density at radius 2 is 2.07 bits per heavy atom. The molecule has 0 unspecified atom stereocenters. The molecule has 0 saturated carbocycles. The van der Waals surface area contributed by atoms with Crippen LogP contribution in [0.3, 0.4) is 0 Å². The zero-order chi connectivity index (χ0) is 19.5. The van der Waals surface area contributed by atoms with Crippen LogP contribution in [0.2, 0.25) is 0 Å². The Balaban J connectivity index is 1.68. The quantitative estimate of drug-likeness (QED) is 0.714. The maximum absolute atomic E-state index is 13.0. The zero-order valence-electron chi connectivity index (χ0n) is 15.9. The lowest BCUT2D eigenvalue weighted by Crippen LogP contribution is -2.42. The molecule has 0 bridgehead atoms. The first-order chi connectivity index (χ1) is 13.7. The summed E-state index contributed by atoms with van der Waals surface area (Å²) in [5, 5.41) is 9.51. The van der Waals surface area contributed by atoms with Gasteiger partial charge in [0.1, 0.15) is 5.82 Å². The molecular formula is C22H26N4O2. The highest BCUT2D eigenvalue weighted by molar-refractivity contribution is 5.95. The largest absolute Gasteiger partial charge is 0.395 e. The number of likely N-dealkylation sites (tertiary alicyclic amines) is 1. The lowest BCUT2D eigenvalue weighted by molar-refractivity contribution is 0.0678. The van der Waals surface area contributed by atoms with Crippen molar-refractivity contribution in [1.29, 1.82) is 0 Å². The number of nitrogens with zero attached hydrogens (tertiary/aromatic N) is 3. The normalized spacial score (nSPS) is 17.2. The van der Waals surface area contributed by atoms with Gasteiger partial charge in [0.2, 0.25) is 0 Å². The van der Waals surface area contributed by atoms with Crippen molar-refractivity contribution in [2.45, 2.75) is 19.4 Å². The summed E-state index contributed by atoms with van der Waals surface area (Å²) in [5.41, 5.74) is 9.22. The summed E-state index contributed by atoms with van der Waals surface area (Å²) in [7, 11) is 0. The molecule has 28 heavy (non-hydrogen) atoms. The first-order valence-corrected chi connectivity index (χ1v) is 9.87. The van der Waals surface area contributed by atoms with E-state index in [1.54, 1.807) is 0 Å². The van der Waals surface area contributed by atoms with E-state index in [-0.39, 0.29) is 12.5 Å². The number of piperidine rings is 1. The topological polar surface area (TPSA) is 84.4 Å². The summed E-state index contributed by atoms with van der Waals surface area (Å²) in [5.74, 6) is 1.20. The third-order valence-electron chi connectivity index (χ3n) is 5.49. The van der Waals surface area contributed by atoms with Gasteiger partial charge in [-0.1, -0.05) is 24.3 Å². The van der Waals surface area contributed by atoms with E-state index in [4.69, 9.17) is 10.7 Å². The van der Waals surface area contributed by atoms with Crippen LogP contribution < -0.4 is 5.73 Å². The van der Waals surface area contributed by atoms with E-state index in [9.17, 15) is 9.90 Å². The standard InChI is InChI=1S/C22H26N4O2/c23-14-16-5-4-10-25(15-16)22(28)18-7-3-6-17(13-18)21-24-19-8-1-2-9-20(19)26(21)11-12-27/h1-3,6-9,13,16,27H,4-5,10-12,14-15,23H2/t16-/m0/s1. The van der Waals surface area contributed by atoms with Gasteiger partial charge in [0.15, 0.2) is 0 Å². The fraction of sp³-hybridized carbons (Fsp3) is 0.364. The third kappa shape index (κ3) is 3.53. The number of para-hydroxylation sites is 2. The van der Waals surface area contributed by atoms with Gasteiger partial charge in [0, 0.05) is 30.8 Å². The van der Waals surface area contributed by atoms with Crippen LogP contribution in [0.15, 0.2) is 48.5 Å². The second-order valence-electron chi connectivity index (χ2n) is 7.38. The number of amides is 1. The number of aliphatic hydroxyl groups is 1. The molecule has 1 amide bonds. The van der Waals surface area contributed by atoms with Crippen LogP contribution in [-0.2, 0) is 6.54 Å². The number of aromatic nitrogens is 2. The summed E-state index contributed by atoms with van der Waals surface area (Å²) in [6.45, 7) is 2.61. The molecule has 4 rings (SSSR count). The minimum Gasteiger partial charge on any atom is -0.395 e. The third-order valence-corrected chi connectivity index (χ3v) is 5.49. The highest BCUT2D eigenvalue weighted by Crippen LogP contribution is 2.26. The second-order valence-corrected chi connectivity index (χ2v) is 7.38. The number of fused-ring (bicyclic) bond motifs is 1. The zero-order valence-corrected chi connectivity index (χ0v) is 15.9. The molecule has 1 fully saturated rings. The van der Waals surface area contributed by atoms with Crippen molar-refractivity contribution >= 4 is 16.9 Å². The Labute approximate surface area is 164 Å². The maximum atomic E-state index is 13.0. The number of carbonyl (C=O) groups excluding carboxylic acids is 1. The van der Waals surface area contributed by atoms with Crippen LogP contribution in [0.1, 0.15) is 23.2 Å². The predicted octanol–water partition coefficient (Wildman–Crippen LogP) is 2.51. The van der Waals surface area contributed by atoms with E-state index in [0.29, 0.717) is 24.6 Å². The molecule has 6 heteroatoms. The molecule has 146 valence electrons. The van der Waals surface area contributed by atoms with Crippen molar-refractivity contribution in [2.75, 3.05) is 26.2 Å². The molecule has 2 aromatic carbocycles. The van der Waals surface area contributed by atoms with Gasteiger partial charge < -0.3 is 20.3 Å². The first kappa shape index (κ1) is 18.7. The van der Waals surface area contributed by atoms with Crippen LogP contribution in [0.5, 0.6) is 0 Å². The van der Waals surface area contributed by atoms with E-state index in [1.807, 2.05) is 58.0 Å². The monoisotopic (exact) mass is 378 g/mol. The van der Waals surface area contributed by atoms with E-state index < -0.39 is 0 Å². The number of benzene rings is 2. The highest BCUT2D eigenvalue weighted by atomic mass is 16.3. The Bertz CT molecular complexity index is 982. The van der Waals surface area contributed by atoms with Crippen molar-refractivity contribution in [2.24, 2.45) is 11.7 Å². The van der Waals surface area contributed by atoms with Gasteiger partial charge in [-0.15, -0.1) is 0 Å². The maximum Gasteiger partial charge on any atom is 0.253 e. The molecule has 6 nitrogen and oxygen atoms in total. The second kappa shape index (κ2) is 8.12. The summed E-state index contributed by atoms with van der Waals surface area (Å²) >= 11 is 0. The molecule has 3 N–H and O–H groups in total. The summed E-state index contributed by atoms with van der Waals surface area (Å²) < 4.78 is 2.00. The van der Waals surface area contributed by atoms with E-state index in [2.05, 4.69) is 0 Å². The molecule has 1 atom stereocenters. The van der Waals surface area contributed by atoms with Crippen molar-refractivity contribution in [3.05, 3.63) is 54.1 Å². The summed E-state index contributed by atoms with van der Waals surface area (Å²) in [6.07, 6.45) is 2.09. The molecule has 3 aromatic rings. The van der Waals surface area contributed by atoms with Gasteiger partial charge >= 0.3 is 0 Å². The number of hydrogen-bond acceptors (Lipinski definition) is 4. The number of hydrogen-bond donors (Lipinski definition) is 2. The minimum atomic E-state index is 0.0280. The van der Waals surface area contributed by atoms with E-state index in [1.165, 1.54) is 0 Å². The van der Waals surface area contributed by atoms with Crippen molar-refractivity contribution in [3.8, 4) is 11.4 Å². The molecule has 1 aromatic heterocycles. The van der Waals surface area contributed by atoms with Gasteiger partial charge in [0.25, 0.3) is 5.91 Å². The number of carbonyl (C=O) groups is 1. The van der Waals surface area contributed by atoms with Crippen molar-refractivity contribution < 1.29 is 9.90 Å². The fourth-order valence-corrected chi connectivity index (χ4v) is 4.04. The molecule has 1 aliphatic rings. The molecule has 0 radical (unpaired) electrons. The smallest absolute Gasteiger partial charge is 0.253 e. The molecule has 1 saturated heterocycles. The van der Waals surface area contributed by atoms with Crippen LogP contribution in [0.4, 0.5) is 0 Å². The van der Waals surface area contributed by atoms with Crippen LogP contribution in [-0.4, -0.2) is 51.7 Å². The Morgan fingerprint density at radius 3 is 2.89 bits per heavy atom. The van der Waals surface area contributed by atoms with Gasteiger partial charge in [-0.05, 0) is 49.6 Å². The van der Waals surface area contributed by atoms with E-state index in [0.717, 1.165) is 48.4 Å². The first-order valence-electron chi connectivity index (χ1n) is 9.87. The fourth-order valence-electron chi connectivity index (χ4n) is 4.04. The average Bonchev–Trinajstić information content (AvgIpc) is 3.12. The lowest BCUT2D eigenvalue weighted by Gasteiger charge is -2.32. The number of imidazole rings is 1. The number of rotatable bonds is 5. The van der Waals surface area contributed by atoms with Crippen molar-refractivity contribution in [1.82, 2.24) is 14.5 Å². The Kier molecular flexibility index (Phi) is 5.41. The molecule has 0 aliphatic carbocycles. The molecular weight excluding hydrogens is 352 g/mol. The summed E-state index contributed by atoms with van der Waals surface area (Å²) in [4.78, 5) is 19.7. The Morgan fingerprint density at radius 1 is 1.21 bits per heavy atom.